The van der Waals surface area contributed by atoms with Crippen LogP contribution in [-0.2, 0) is 6.54 Å². The summed E-state index contributed by atoms with van der Waals surface area (Å²) in [5.74, 6) is 0. The number of halogens is 2. The zero-order valence-electron chi connectivity index (χ0n) is 8.58. The van der Waals surface area contributed by atoms with Crippen LogP contribution in [0.3, 0.4) is 0 Å². The van der Waals surface area contributed by atoms with E-state index in [-0.39, 0.29) is 0 Å². The predicted molar refractivity (Wildman–Crippen MR) is 85.6 cm³/mol. The number of benzene rings is 2. The van der Waals surface area contributed by atoms with Crippen LogP contribution in [0, 0.1) is 7.14 Å². The van der Waals surface area contributed by atoms with Gasteiger partial charge in [-0.15, -0.1) is 0 Å². The van der Waals surface area contributed by atoms with Gasteiger partial charge in [-0.2, -0.15) is 0 Å². The van der Waals surface area contributed by atoms with Crippen molar-refractivity contribution in [2.45, 2.75) is 6.54 Å². The fourth-order valence-electron chi connectivity index (χ4n) is 1.44. The van der Waals surface area contributed by atoms with Gasteiger partial charge < -0.3 is 5.32 Å². The Morgan fingerprint density at radius 1 is 0.812 bits per heavy atom. The van der Waals surface area contributed by atoms with Crippen molar-refractivity contribution in [3.05, 3.63) is 61.2 Å². The van der Waals surface area contributed by atoms with Gasteiger partial charge in [-0.1, -0.05) is 30.3 Å². The number of hydrogen-bond acceptors (Lipinski definition) is 1. The molecule has 3 heteroatoms. The topological polar surface area (TPSA) is 12.0 Å². The molecule has 0 aliphatic carbocycles. The largest absolute Gasteiger partial charge is 0.380 e. The molecule has 0 saturated heterocycles. The van der Waals surface area contributed by atoms with E-state index < -0.39 is 0 Å². The van der Waals surface area contributed by atoms with E-state index in [1.807, 2.05) is 0 Å². The Labute approximate surface area is 123 Å². The van der Waals surface area contributed by atoms with Crippen LogP contribution < -0.4 is 5.32 Å². The first kappa shape index (κ1) is 12.2. The van der Waals surface area contributed by atoms with Crippen LogP contribution in [0.15, 0.2) is 48.5 Å². The smallest absolute Gasteiger partial charge is 0.0478 e. The summed E-state index contributed by atoms with van der Waals surface area (Å²) in [7, 11) is 0. The molecular weight excluding hydrogens is 424 g/mol. The van der Waals surface area contributed by atoms with E-state index in [0.717, 1.165) is 6.54 Å². The fourth-order valence-corrected chi connectivity index (χ4v) is 2.59. The average molecular weight is 435 g/mol. The summed E-state index contributed by atoms with van der Waals surface area (Å²) in [6.07, 6.45) is 0. The third-order valence-electron chi connectivity index (χ3n) is 2.30. The van der Waals surface area contributed by atoms with E-state index in [4.69, 9.17) is 0 Å². The summed E-state index contributed by atoms with van der Waals surface area (Å²) in [6.45, 7) is 0.874. The van der Waals surface area contributed by atoms with Crippen molar-refractivity contribution in [2.75, 3.05) is 5.32 Å². The van der Waals surface area contributed by atoms with Crippen molar-refractivity contribution in [3.8, 4) is 0 Å². The monoisotopic (exact) mass is 435 g/mol. The fraction of sp³-hybridized carbons (Fsp3) is 0.0769. The summed E-state index contributed by atoms with van der Waals surface area (Å²) in [5, 5.41) is 3.46. The van der Waals surface area contributed by atoms with Crippen LogP contribution in [0.1, 0.15) is 5.56 Å². The minimum absolute atomic E-state index is 0.874. The first-order valence-corrected chi connectivity index (χ1v) is 7.15. The number of para-hydroxylation sites is 1. The molecule has 0 unspecified atom stereocenters. The van der Waals surface area contributed by atoms with E-state index in [1.54, 1.807) is 0 Å². The quantitative estimate of drug-likeness (QED) is 0.701. The second-order valence-corrected chi connectivity index (χ2v) is 5.75. The van der Waals surface area contributed by atoms with Crippen LogP contribution in [-0.4, -0.2) is 0 Å². The van der Waals surface area contributed by atoms with Gasteiger partial charge >= 0.3 is 0 Å². The molecule has 0 saturated carbocycles. The number of hydrogen-bond donors (Lipinski definition) is 1. The Hall–Kier alpha value is -0.300. The van der Waals surface area contributed by atoms with Crippen molar-refractivity contribution in [2.24, 2.45) is 0 Å². The lowest BCUT2D eigenvalue weighted by Gasteiger charge is -2.09. The van der Waals surface area contributed by atoms with Crippen molar-refractivity contribution in [1.29, 1.82) is 0 Å². The highest BCUT2D eigenvalue weighted by molar-refractivity contribution is 14.1. The van der Waals surface area contributed by atoms with Crippen LogP contribution in [0.4, 0.5) is 5.69 Å². The zero-order valence-corrected chi connectivity index (χ0v) is 12.9. The molecule has 0 aliphatic heterocycles. The molecule has 0 aromatic heterocycles. The normalized spacial score (nSPS) is 10.1. The van der Waals surface area contributed by atoms with Crippen molar-refractivity contribution in [1.82, 2.24) is 0 Å². The van der Waals surface area contributed by atoms with Gasteiger partial charge in [0, 0.05) is 19.4 Å². The lowest BCUT2D eigenvalue weighted by Crippen LogP contribution is -2.02. The molecule has 0 spiro atoms. The van der Waals surface area contributed by atoms with Gasteiger partial charge in [0.15, 0.2) is 0 Å². The van der Waals surface area contributed by atoms with Crippen LogP contribution >= 0.6 is 45.2 Å². The molecule has 0 amide bonds. The van der Waals surface area contributed by atoms with Gasteiger partial charge in [-0.05, 0) is 68.9 Å². The van der Waals surface area contributed by atoms with Gasteiger partial charge in [0.25, 0.3) is 0 Å². The summed E-state index contributed by atoms with van der Waals surface area (Å²) >= 11 is 4.72. The second kappa shape index (κ2) is 5.86. The van der Waals surface area contributed by atoms with Crippen LogP contribution in [0.5, 0.6) is 0 Å². The Morgan fingerprint density at radius 3 is 2.12 bits per heavy atom. The van der Waals surface area contributed by atoms with Crippen LogP contribution in [0.25, 0.3) is 0 Å². The maximum Gasteiger partial charge on any atom is 0.0478 e. The van der Waals surface area contributed by atoms with Crippen molar-refractivity contribution >= 4 is 50.9 Å². The van der Waals surface area contributed by atoms with Gasteiger partial charge in [0.2, 0.25) is 0 Å². The third-order valence-corrected chi connectivity index (χ3v) is 4.29. The SMILES string of the molecule is Ic1ccccc1CNc1ccccc1I. The first-order chi connectivity index (χ1) is 7.77. The molecule has 0 atom stereocenters. The second-order valence-electron chi connectivity index (χ2n) is 3.42. The standard InChI is InChI=1S/C13H11I2N/c14-11-6-2-1-5-10(11)9-16-13-8-4-3-7-12(13)15/h1-8,16H,9H2. The number of anilines is 1. The minimum Gasteiger partial charge on any atom is -0.380 e. The van der Waals surface area contributed by atoms with E-state index in [0.29, 0.717) is 0 Å². The summed E-state index contributed by atoms with van der Waals surface area (Å²) in [6, 6.07) is 16.8. The maximum absolute atomic E-state index is 3.46. The van der Waals surface area contributed by atoms with Crippen molar-refractivity contribution < 1.29 is 0 Å². The highest BCUT2D eigenvalue weighted by atomic mass is 127. The maximum atomic E-state index is 3.46. The summed E-state index contributed by atoms with van der Waals surface area (Å²) in [5.41, 5.74) is 2.53. The van der Waals surface area contributed by atoms with E-state index in [9.17, 15) is 0 Å². The summed E-state index contributed by atoms with van der Waals surface area (Å²) < 4.78 is 2.56. The molecule has 0 radical (unpaired) electrons. The molecule has 2 aromatic rings. The van der Waals surface area contributed by atoms with Gasteiger partial charge in [-0.3, -0.25) is 0 Å². The van der Waals surface area contributed by atoms with Gasteiger partial charge in [-0.25, -0.2) is 0 Å². The lowest BCUT2D eigenvalue weighted by atomic mass is 10.2. The van der Waals surface area contributed by atoms with Gasteiger partial charge in [0.05, 0.1) is 0 Å². The highest BCUT2D eigenvalue weighted by Gasteiger charge is 2.00. The third kappa shape index (κ3) is 3.10. The Bertz CT molecular complexity index is 437. The Kier molecular flexibility index (Phi) is 4.45. The number of nitrogens with one attached hydrogen (secondary N) is 1. The molecule has 0 fully saturated rings. The molecule has 2 aromatic carbocycles. The molecule has 1 N–H and O–H groups in total. The molecule has 1 nitrogen and oxygen atoms in total. The summed E-state index contributed by atoms with van der Waals surface area (Å²) in [4.78, 5) is 0. The van der Waals surface area contributed by atoms with E-state index >= 15 is 0 Å². The molecule has 0 aliphatic rings. The lowest BCUT2D eigenvalue weighted by molar-refractivity contribution is 1.13. The van der Waals surface area contributed by atoms with Gasteiger partial charge in [0.1, 0.15) is 0 Å². The first-order valence-electron chi connectivity index (χ1n) is 4.99. The molecule has 82 valence electrons. The molecule has 2 rings (SSSR count). The average Bonchev–Trinajstić information content (AvgIpc) is 2.30. The molecule has 0 heterocycles. The highest BCUT2D eigenvalue weighted by Crippen LogP contribution is 2.19. The van der Waals surface area contributed by atoms with E-state index in [1.165, 1.54) is 18.4 Å². The minimum atomic E-state index is 0.874. The van der Waals surface area contributed by atoms with E-state index in [2.05, 4.69) is 99.0 Å². The Morgan fingerprint density at radius 2 is 1.44 bits per heavy atom. The molecular formula is C13H11I2N. The molecule has 16 heavy (non-hydrogen) atoms. The van der Waals surface area contributed by atoms with Crippen LogP contribution in [0.2, 0.25) is 0 Å². The predicted octanol–water partition coefficient (Wildman–Crippen LogP) is 4.51. The Balaban J connectivity index is 2.09. The number of rotatable bonds is 3. The zero-order chi connectivity index (χ0) is 11.4. The van der Waals surface area contributed by atoms with Crippen molar-refractivity contribution in [3.63, 3.8) is 0 Å². The molecule has 0 bridgehead atoms.